The summed E-state index contributed by atoms with van der Waals surface area (Å²) in [5.74, 6) is 0.825. The second-order valence-corrected chi connectivity index (χ2v) is 6.80. The molecule has 0 amide bonds. The van der Waals surface area contributed by atoms with Gasteiger partial charge in [-0.25, -0.2) is 4.79 Å². The number of rotatable bonds is 3. The smallest absolute Gasteiger partial charge is 0.336 e. The van der Waals surface area contributed by atoms with Crippen molar-refractivity contribution in [3.05, 3.63) is 29.3 Å². The first kappa shape index (κ1) is 14.4. The van der Waals surface area contributed by atoms with E-state index in [4.69, 9.17) is 0 Å². The summed E-state index contributed by atoms with van der Waals surface area (Å²) in [6, 6.07) is 5.74. The van der Waals surface area contributed by atoms with Gasteiger partial charge in [0.25, 0.3) is 0 Å². The normalized spacial score (nSPS) is 25.5. The van der Waals surface area contributed by atoms with E-state index < -0.39 is 5.97 Å². The summed E-state index contributed by atoms with van der Waals surface area (Å²) in [6.45, 7) is 4.53. The molecular formula is C18H25NO2. The Kier molecular flexibility index (Phi) is 4.18. The van der Waals surface area contributed by atoms with E-state index in [2.05, 4.69) is 17.9 Å². The molecule has 1 aliphatic heterocycles. The molecule has 114 valence electrons. The summed E-state index contributed by atoms with van der Waals surface area (Å²) >= 11 is 0. The van der Waals surface area contributed by atoms with Crippen molar-refractivity contribution in [2.75, 3.05) is 18.0 Å². The summed E-state index contributed by atoms with van der Waals surface area (Å²) in [5.41, 5.74) is 2.70. The molecule has 1 aromatic carbocycles. The van der Waals surface area contributed by atoms with Crippen LogP contribution >= 0.6 is 0 Å². The van der Waals surface area contributed by atoms with Crippen LogP contribution in [0.1, 0.15) is 54.9 Å². The average Bonchev–Trinajstić information content (AvgIpc) is 2.47. The van der Waals surface area contributed by atoms with Crippen LogP contribution in [0.3, 0.4) is 0 Å². The molecule has 21 heavy (non-hydrogen) atoms. The second kappa shape index (κ2) is 6.08. The van der Waals surface area contributed by atoms with Crippen LogP contribution in [0, 0.1) is 11.8 Å². The van der Waals surface area contributed by atoms with Gasteiger partial charge in [0.15, 0.2) is 0 Å². The van der Waals surface area contributed by atoms with Gasteiger partial charge in [-0.2, -0.15) is 0 Å². The van der Waals surface area contributed by atoms with E-state index in [1.54, 1.807) is 6.07 Å². The van der Waals surface area contributed by atoms with Crippen molar-refractivity contribution in [1.82, 2.24) is 0 Å². The first-order valence-electron chi connectivity index (χ1n) is 8.25. The Morgan fingerprint density at radius 1 is 1.33 bits per heavy atom. The summed E-state index contributed by atoms with van der Waals surface area (Å²) in [6.07, 6.45) is 7.34. The Balaban J connectivity index is 1.80. The van der Waals surface area contributed by atoms with Crippen LogP contribution in [0.4, 0.5) is 5.69 Å². The van der Waals surface area contributed by atoms with Crippen molar-refractivity contribution < 1.29 is 9.90 Å². The highest BCUT2D eigenvalue weighted by Crippen LogP contribution is 2.34. The minimum Gasteiger partial charge on any atom is -0.478 e. The van der Waals surface area contributed by atoms with Gasteiger partial charge in [-0.1, -0.05) is 25.8 Å². The Morgan fingerprint density at radius 3 is 2.95 bits per heavy atom. The zero-order valence-corrected chi connectivity index (χ0v) is 12.8. The molecule has 0 aromatic heterocycles. The van der Waals surface area contributed by atoms with Gasteiger partial charge in [-0.15, -0.1) is 0 Å². The molecule has 2 unspecified atom stereocenters. The number of carbonyl (C=O) groups is 1. The van der Waals surface area contributed by atoms with Gasteiger partial charge >= 0.3 is 5.97 Å². The molecule has 0 bridgehead atoms. The highest BCUT2D eigenvalue weighted by molar-refractivity contribution is 5.91. The van der Waals surface area contributed by atoms with Crippen LogP contribution in [-0.4, -0.2) is 24.2 Å². The van der Waals surface area contributed by atoms with E-state index in [-0.39, 0.29) is 0 Å². The fourth-order valence-corrected chi connectivity index (χ4v) is 4.13. The lowest BCUT2D eigenvalue weighted by Crippen LogP contribution is -2.36. The zero-order valence-electron chi connectivity index (χ0n) is 12.8. The Labute approximate surface area is 127 Å². The van der Waals surface area contributed by atoms with Gasteiger partial charge in [0.1, 0.15) is 0 Å². The topological polar surface area (TPSA) is 40.5 Å². The molecule has 3 nitrogen and oxygen atoms in total. The molecular weight excluding hydrogens is 262 g/mol. The molecule has 2 atom stereocenters. The van der Waals surface area contributed by atoms with Crippen LogP contribution in [0.5, 0.6) is 0 Å². The quantitative estimate of drug-likeness (QED) is 0.914. The Morgan fingerprint density at radius 2 is 2.19 bits per heavy atom. The van der Waals surface area contributed by atoms with Crippen LogP contribution in [0.2, 0.25) is 0 Å². The van der Waals surface area contributed by atoms with E-state index in [0.29, 0.717) is 5.56 Å². The fourth-order valence-electron chi connectivity index (χ4n) is 4.13. The second-order valence-electron chi connectivity index (χ2n) is 6.80. The van der Waals surface area contributed by atoms with Gasteiger partial charge in [-0.05, 0) is 55.2 Å². The van der Waals surface area contributed by atoms with Crippen molar-refractivity contribution in [2.24, 2.45) is 11.8 Å². The molecule has 0 spiro atoms. The number of carboxylic acid groups (broad SMARTS) is 1. The summed E-state index contributed by atoms with van der Waals surface area (Å²) < 4.78 is 0. The number of anilines is 1. The highest BCUT2D eigenvalue weighted by atomic mass is 16.4. The van der Waals surface area contributed by atoms with E-state index in [9.17, 15) is 9.90 Å². The van der Waals surface area contributed by atoms with Gasteiger partial charge in [0, 0.05) is 18.8 Å². The number of hydrogen-bond donors (Lipinski definition) is 1. The maximum Gasteiger partial charge on any atom is 0.336 e. The molecule has 0 radical (unpaired) electrons. The molecule has 0 saturated heterocycles. The van der Waals surface area contributed by atoms with Crippen LogP contribution in [-0.2, 0) is 6.42 Å². The lowest BCUT2D eigenvalue weighted by molar-refractivity contribution is 0.0695. The Hall–Kier alpha value is -1.51. The molecule has 2 aliphatic rings. The number of fused-ring (bicyclic) bond motifs is 1. The predicted molar refractivity (Wildman–Crippen MR) is 85.1 cm³/mol. The first-order valence-corrected chi connectivity index (χ1v) is 8.25. The van der Waals surface area contributed by atoms with Gasteiger partial charge in [0.05, 0.1) is 5.56 Å². The summed E-state index contributed by atoms with van der Waals surface area (Å²) in [5, 5.41) is 9.36. The van der Waals surface area contributed by atoms with Gasteiger partial charge < -0.3 is 10.0 Å². The molecule has 1 fully saturated rings. The van der Waals surface area contributed by atoms with Gasteiger partial charge in [0.2, 0.25) is 0 Å². The largest absolute Gasteiger partial charge is 0.478 e. The third-order valence-corrected chi connectivity index (χ3v) is 5.10. The molecule has 1 saturated carbocycles. The first-order chi connectivity index (χ1) is 10.1. The summed E-state index contributed by atoms with van der Waals surface area (Å²) in [4.78, 5) is 13.8. The van der Waals surface area contributed by atoms with Crippen molar-refractivity contribution in [2.45, 2.75) is 45.4 Å². The van der Waals surface area contributed by atoms with Crippen molar-refractivity contribution >= 4 is 11.7 Å². The molecule has 1 N–H and O–H groups in total. The van der Waals surface area contributed by atoms with E-state index in [0.717, 1.165) is 43.3 Å². The predicted octanol–water partition coefficient (Wildman–Crippen LogP) is 3.96. The zero-order chi connectivity index (χ0) is 14.8. The average molecular weight is 287 g/mol. The van der Waals surface area contributed by atoms with Crippen LogP contribution < -0.4 is 4.90 Å². The maximum absolute atomic E-state index is 11.4. The lowest BCUT2D eigenvalue weighted by Gasteiger charge is -2.37. The lowest BCUT2D eigenvalue weighted by atomic mass is 9.82. The van der Waals surface area contributed by atoms with E-state index >= 15 is 0 Å². The number of nitrogens with zero attached hydrogens (tertiary/aromatic N) is 1. The molecule has 3 heteroatoms. The minimum absolute atomic E-state index is 0.495. The SMILES string of the molecule is CC1CCCC(CN2CCCc3c(C(=O)O)cccc32)C1. The number of hydrogen-bond acceptors (Lipinski definition) is 2. The fraction of sp³-hybridized carbons (Fsp3) is 0.611. The third kappa shape index (κ3) is 3.07. The number of aromatic carboxylic acids is 1. The third-order valence-electron chi connectivity index (χ3n) is 5.10. The Bertz CT molecular complexity index is 526. The maximum atomic E-state index is 11.4. The summed E-state index contributed by atoms with van der Waals surface area (Å²) in [7, 11) is 0. The van der Waals surface area contributed by atoms with E-state index in [1.165, 1.54) is 31.4 Å². The van der Waals surface area contributed by atoms with Crippen LogP contribution in [0.25, 0.3) is 0 Å². The molecule has 1 aliphatic carbocycles. The van der Waals surface area contributed by atoms with Gasteiger partial charge in [-0.3, -0.25) is 0 Å². The van der Waals surface area contributed by atoms with E-state index in [1.807, 2.05) is 6.07 Å². The molecule has 1 aromatic rings. The standard InChI is InChI=1S/C18H25NO2/c1-13-5-2-6-14(11-13)12-19-10-4-8-15-16(18(20)21)7-3-9-17(15)19/h3,7,9,13-14H,2,4-6,8,10-12H2,1H3,(H,20,21). The minimum atomic E-state index is -0.792. The number of benzene rings is 1. The highest BCUT2D eigenvalue weighted by Gasteiger charge is 2.26. The van der Waals surface area contributed by atoms with Crippen LogP contribution in [0.15, 0.2) is 18.2 Å². The van der Waals surface area contributed by atoms with Crippen molar-refractivity contribution in [3.8, 4) is 0 Å². The molecule has 3 rings (SSSR count). The monoisotopic (exact) mass is 287 g/mol. The number of carboxylic acids is 1. The van der Waals surface area contributed by atoms with Crippen molar-refractivity contribution in [1.29, 1.82) is 0 Å². The molecule has 1 heterocycles. The van der Waals surface area contributed by atoms with Crippen molar-refractivity contribution in [3.63, 3.8) is 0 Å².